The Morgan fingerprint density at radius 1 is 1.29 bits per heavy atom. The van der Waals surface area contributed by atoms with Gasteiger partial charge in [-0.2, -0.15) is 0 Å². The van der Waals surface area contributed by atoms with Gasteiger partial charge in [-0.05, 0) is 44.4 Å². The highest BCUT2D eigenvalue weighted by atomic mass is 16.4. The summed E-state index contributed by atoms with van der Waals surface area (Å²) in [6.45, 7) is 12.0. The molecule has 0 radical (unpaired) electrons. The van der Waals surface area contributed by atoms with Gasteiger partial charge in [-0.3, -0.25) is 4.79 Å². The third kappa shape index (κ3) is 4.11. The Morgan fingerprint density at radius 2 is 1.86 bits per heavy atom. The lowest BCUT2D eigenvalue weighted by Gasteiger charge is -2.46. The van der Waals surface area contributed by atoms with Crippen molar-refractivity contribution in [2.24, 2.45) is 17.3 Å². The number of carbonyl (C=O) groups is 2. The van der Waals surface area contributed by atoms with Crippen LogP contribution in [-0.4, -0.2) is 28.7 Å². The number of rotatable bonds is 4. The van der Waals surface area contributed by atoms with E-state index in [2.05, 4.69) is 10.6 Å². The first-order chi connectivity index (χ1) is 9.51. The quantitative estimate of drug-likeness (QED) is 0.746. The van der Waals surface area contributed by atoms with Crippen LogP contribution in [0.5, 0.6) is 0 Å². The van der Waals surface area contributed by atoms with E-state index in [0.29, 0.717) is 12.8 Å². The summed E-state index contributed by atoms with van der Waals surface area (Å²) in [7, 11) is 0. The highest BCUT2D eigenvalue weighted by molar-refractivity contribution is 5.75. The summed E-state index contributed by atoms with van der Waals surface area (Å²) >= 11 is 0. The number of hydrogen-bond donors (Lipinski definition) is 3. The van der Waals surface area contributed by atoms with Crippen LogP contribution in [0, 0.1) is 17.3 Å². The van der Waals surface area contributed by atoms with E-state index in [0.717, 1.165) is 6.42 Å². The summed E-state index contributed by atoms with van der Waals surface area (Å²) in [5.74, 6) is -0.967. The molecule has 3 unspecified atom stereocenters. The molecule has 21 heavy (non-hydrogen) atoms. The molecule has 122 valence electrons. The number of amides is 2. The molecule has 5 heteroatoms. The van der Waals surface area contributed by atoms with E-state index < -0.39 is 5.97 Å². The first kappa shape index (κ1) is 17.8. The first-order valence-electron chi connectivity index (χ1n) is 7.82. The Bertz CT molecular complexity index is 404. The molecule has 3 N–H and O–H groups in total. The normalized spacial score (nSPS) is 28.8. The molecule has 3 atom stereocenters. The third-order valence-electron chi connectivity index (χ3n) is 5.39. The van der Waals surface area contributed by atoms with Crippen molar-refractivity contribution >= 4 is 12.0 Å². The number of aliphatic carboxylic acids is 1. The minimum atomic E-state index is -0.734. The number of urea groups is 1. The largest absolute Gasteiger partial charge is 0.481 e. The molecule has 1 aliphatic rings. The summed E-state index contributed by atoms with van der Waals surface area (Å²) in [5, 5.41) is 15.3. The van der Waals surface area contributed by atoms with Gasteiger partial charge in [-0.25, -0.2) is 4.79 Å². The van der Waals surface area contributed by atoms with E-state index in [-0.39, 0.29) is 34.9 Å². The van der Waals surface area contributed by atoms with Crippen molar-refractivity contribution in [1.82, 2.24) is 10.6 Å². The molecule has 2 amide bonds. The van der Waals surface area contributed by atoms with Crippen molar-refractivity contribution in [2.75, 3.05) is 0 Å². The molecule has 1 saturated carbocycles. The summed E-state index contributed by atoms with van der Waals surface area (Å²) < 4.78 is 0. The van der Waals surface area contributed by atoms with Crippen LogP contribution in [0.25, 0.3) is 0 Å². The van der Waals surface area contributed by atoms with Gasteiger partial charge in [-0.15, -0.1) is 0 Å². The standard InChI is InChI=1S/C16H30N2O3/c1-7-15(3,4)18-14(21)17-12-9-8-11(13(19)20)16(5,6)10(12)2/h10-12H,7-9H2,1-6H3,(H,19,20)(H2,17,18,21). The van der Waals surface area contributed by atoms with Gasteiger partial charge in [0.15, 0.2) is 0 Å². The number of hydrogen-bond acceptors (Lipinski definition) is 2. The van der Waals surface area contributed by atoms with Gasteiger partial charge < -0.3 is 15.7 Å². The average molecular weight is 298 g/mol. The smallest absolute Gasteiger partial charge is 0.315 e. The maximum atomic E-state index is 12.1. The van der Waals surface area contributed by atoms with Crippen LogP contribution < -0.4 is 10.6 Å². The van der Waals surface area contributed by atoms with Gasteiger partial charge in [-0.1, -0.05) is 27.7 Å². The number of carboxylic acids is 1. The molecule has 0 aromatic rings. The fourth-order valence-electron chi connectivity index (χ4n) is 3.04. The molecular formula is C16H30N2O3. The third-order valence-corrected chi connectivity index (χ3v) is 5.39. The van der Waals surface area contributed by atoms with Crippen LogP contribution in [0.2, 0.25) is 0 Å². The molecule has 0 aliphatic heterocycles. The van der Waals surface area contributed by atoms with Crippen LogP contribution in [0.15, 0.2) is 0 Å². The topological polar surface area (TPSA) is 78.4 Å². The van der Waals surface area contributed by atoms with Gasteiger partial charge in [0, 0.05) is 11.6 Å². The second kappa shape index (κ2) is 6.24. The van der Waals surface area contributed by atoms with E-state index in [1.165, 1.54) is 0 Å². The molecule has 1 fully saturated rings. The van der Waals surface area contributed by atoms with E-state index in [1.54, 1.807) is 0 Å². The number of carboxylic acid groups (broad SMARTS) is 1. The van der Waals surface area contributed by atoms with Crippen LogP contribution in [-0.2, 0) is 4.79 Å². The Hall–Kier alpha value is -1.26. The van der Waals surface area contributed by atoms with Gasteiger partial charge in [0.2, 0.25) is 0 Å². The predicted molar refractivity (Wildman–Crippen MR) is 83.1 cm³/mol. The molecule has 1 aliphatic carbocycles. The maximum absolute atomic E-state index is 12.1. The van der Waals surface area contributed by atoms with E-state index >= 15 is 0 Å². The molecule has 1 rings (SSSR count). The Balaban J connectivity index is 2.70. The Labute approximate surface area is 127 Å². The van der Waals surface area contributed by atoms with Crippen molar-refractivity contribution in [1.29, 1.82) is 0 Å². The zero-order valence-corrected chi connectivity index (χ0v) is 14.1. The lowest BCUT2D eigenvalue weighted by atomic mass is 9.61. The SMILES string of the molecule is CCC(C)(C)NC(=O)NC1CCC(C(=O)O)C(C)(C)C1C. The first-order valence-corrected chi connectivity index (χ1v) is 7.82. The number of nitrogens with one attached hydrogen (secondary N) is 2. The zero-order valence-electron chi connectivity index (χ0n) is 14.1. The molecule has 0 aromatic heterocycles. The highest BCUT2D eigenvalue weighted by Crippen LogP contribution is 2.45. The Morgan fingerprint density at radius 3 is 2.33 bits per heavy atom. The maximum Gasteiger partial charge on any atom is 0.315 e. The average Bonchev–Trinajstić information content (AvgIpc) is 2.34. The highest BCUT2D eigenvalue weighted by Gasteiger charge is 2.46. The van der Waals surface area contributed by atoms with Crippen molar-refractivity contribution in [3.8, 4) is 0 Å². The molecule has 0 bridgehead atoms. The fraction of sp³-hybridized carbons (Fsp3) is 0.875. The minimum absolute atomic E-state index is 0.0169. The molecule has 0 heterocycles. The lowest BCUT2D eigenvalue weighted by molar-refractivity contribution is -0.150. The molecule has 5 nitrogen and oxygen atoms in total. The minimum Gasteiger partial charge on any atom is -0.481 e. The van der Waals surface area contributed by atoms with Gasteiger partial charge in [0.1, 0.15) is 0 Å². The van der Waals surface area contributed by atoms with Gasteiger partial charge >= 0.3 is 12.0 Å². The summed E-state index contributed by atoms with van der Waals surface area (Å²) in [6.07, 6.45) is 2.17. The Kier molecular flexibility index (Phi) is 5.29. The van der Waals surface area contributed by atoms with Crippen molar-refractivity contribution in [3.63, 3.8) is 0 Å². The van der Waals surface area contributed by atoms with Crippen LogP contribution >= 0.6 is 0 Å². The van der Waals surface area contributed by atoms with Crippen molar-refractivity contribution in [2.45, 2.75) is 72.4 Å². The second-order valence-corrected chi connectivity index (χ2v) is 7.52. The summed E-state index contributed by atoms with van der Waals surface area (Å²) in [5.41, 5.74) is -0.566. The van der Waals surface area contributed by atoms with Crippen molar-refractivity contribution < 1.29 is 14.7 Å². The van der Waals surface area contributed by atoms with E-state index in [9.17, 15) is 14.7 Å². The lowest BCUT2D eigenvalue weighted by Crippen LogP contribution is -2.56. The predicted octanol–water partition coefficient (Wildman–Crippen LogP) is 3.00. The monoisotopic (exact) mass is 298 g/mol. The summed E-state index contributed by atoms with van der Waals surface area (Å²) in [6, 6.07) is -0.147. The van der Waals surface area contributed by atoms with Gasteiger partial charge in [0.25, 0.3) is 0 Å². The second-order valence-electron chi connectivity index (χ2n) is 7.52. The van der Waals surface area contributed by atoms with Crippen molar-refractivity contribution in [3.05, 3.63) is 0 Å². The molecule has 0 spiro atoms. The zero-order chi connectivity index (χ0) is 16.4. The fourth-order valence-corrected chi connectivity index (χ4v) is 3.04. The molecule has 0 saturated heterocycles. The number of carbonyl (C=O) groups excluding carboxylic acids is 1. The molecular weight excluding hydrogens is 268 g/mol. The van der Waals surface area contributed by atoms with Crippen LogP contribution in [0.4, 0.5) is 4.79 Å². The molecule has 0 aromatic carbocycles. The van der Waals surface area contributed by atoms with E-state index in [4.69, 9.17) is 0 Å². The van der Waals surface area contributed by atoms with E-state index in [1.807, 2.05) is 41.5 Å². The summed E-state index contributed by atoms with van der Waals surface area (Å²) in [4.78, 5) is 23.5. The van der Waals surface area contributed by atoms with Crippen LogP contribution in [0.3, 0.4) is 0 Å². The van der Waals surface area contributed by atoms with Gasteiger partial charge in [0.05, 0.1) is 5.92 Å². The van der Waals surface area contributed by atoms with Crippen LogP contribution in [0.1, 0.15) is 60.8 Å².